The van der Waals surface area contributed by atoms with Gasteiger partial charge in [0.15, 0.2) is 0 Å². The quantitative estimate of drug-likeness (QED) is 0.162. The van der Waals surface area contributed by atoms with E-state index in [4.69, 9.17) is 0 Å². The fraction of sp³-hybridized carbons (Fsp3) is 0. The predicted octanol–water partition coefficient (Wildman–Crippen LogP) is 14.5. The Morgan fingerprint density at radius 2 is 0.696 bits per heavy atom. The highest BCUT2D eigenvalue weighted by Crippen LogP contribution is 2.41. The molecule has 0 aliphatic heterocycles. The molecule has 56 heavy (non-hydrogen) atoms. The Balaban J connectivity index is 1.08. The highest BCUT2D eigenvalue weighted by atomic mass is 15.0. The first-order valence-electron chi connectivity index (χ1n) is 19.3. The molecule has 2 aromatic heterocycles. The van der Waals surface area contributed by atoms with Crippen molar-refractivity contribution < 1.29 is 0 Å². The van der Waals surface area contributed by atoms with E-state index in [1.165, 1.54) is 88.1 Å². The summed E-state index contributed by atoms with van der Waals surface area (Å²) < 4.78 is 4.86. The van der Waals surface area contributed by atoms with Crippen LogP contribution >= 0.6 is 0 Å². The molecule has 0 spiro atoms. The average molecular weight is 713 g/mol. The molecule has 0 atom stereocenters. The third kappa shape index (κ3) is 5.26. The van der Waals surface area contributed by atoms with Gasteiger partial charge in [-0.2, -0.15) is 0 Å². The van der Waals surface area contributed by atoms with Crippen LogP contribution in [0.3, 0.4) is 0 Å². The molecule has 262 valence electrons. The lowest BCUT2D eigenvalue weighted by molar-refractivity contribution is 1.18. The second kappa shape index (κ2) is 13.2. The van der Waals surface area contributed by atoms with Gasteiger partial charge in [-0.05, 0) is 93.5 Å². The summed E-state index contributed by atoms with van der Waals surface area (Å²) in [7, 11) is 0. The lowest BCUT2D eigenvalue weighted by Crippen LogP contribution is -1.95. The summed E-state index contributed by atoms with van der Waals surface area (Å²) in [4.78, 5) is 0. The van der Waals surface area contributed by atoms with Crippen molar-refractivity contribution in [2.45, 2.75) is 0 Å². The van der Waals surface area contributed by atoms with Crippen LogP contribution in [0.4, 0.5) is 0 Å². The Hall–Kier alpha value is -7.42. The molecule has 0 unspecified atom stereocenters. The lowest BCUT2D eigenvalue weighted by Gasteiger charge is -2.13. The van der Waals surface area contributed by atoms with Crippen LogP contribution in [0.25, 0.3) is 99.5 Å². The maximum Gasteiger partial charge on any atom is 0.0619 e. The fourth-order valence-corrected chi connectivity index (χ4v) is 8.69. The van der Waals surface area contributed by atoms with Gasteiger partial charge in [0.05, 0.1) is 22.1 Å². The second-order valence-electron chi connectivity index (χ2n) is 14.5. The van der Waals surface area contributed by atoms with Gasteiger partial charge < -0.3 is 9.13 Å². The summed E-state index contributed by atoms with van der Waals surface area (Å²) >= 11 is 0. The highest BCUT2D eigenvalue weighted by Gasteiger charge is 2.19. The number of hydrogen-bond acceptors (Lipinski definition) is 0. The summed E-state index contributed by atoms with van der Waals surface area (Å²) in [6.07, 6.45) is 0. The van der Waals surface area contributed by atoms with E-state index in [1.54, 1.807) is 0 Å². The molecular formula is C54H36N2. The van der Waals surface area contributed by atoms with E-state index in [1.807, 2.05) is 0 Å². The molecule has 9 aromatic carbocycles. The number of fused-ring (bicyclic) bond motifs is 6. The Bertz CT molecular complexity index is 3210. The number of aromatic nitrogens is 2. The summed E-state index contributed by atoms with van der Waals surface area (Å²) in [5.74, 6) is 0. The molecule has 0 saturated heterocycles. The second-order valence-corrected chi connectivity index (χ2v) is 14.5. The van der Waals surface area contributed by atoms with Crippen molar-refractivity contribution in [2.75, 3.05) is 0 Å². The SMILES string of the molecule is c1ccc(-c2ccc(-n3c4ccc(-c5ccc6c(c5)c5ccccc5n6-c5cccc(-c6ccccc6)c5)cc4c4cccc(-c5ccccc5)c43)cc2)cc1. The minimum Gasteiger partial charge on any atom is -0.309 e. The molecule has 0 aliphatic carbocycles. The third-order valence-corrected chi connectivity index (χ3v) is 11.3. The first-order chi connectivity index (χ1) is 27.8. The minimum absolute atomic E-state index is 1.14. The third-order valence-electron chi connectivity index (χ3n) is 11.3. The van der Waals surface area contributed by atoms with Gasteiger partial charge in [0.2, 0.25) is 0 Å². The van der Waals surface area contributed by atoms with Crippen LogP contribution in [0.15, 0.2) is 218 Å². The van der Waals surface area contributed by atoms with Crippen molar-refractivity contribution in [3.63, 3.8) is 0 Å². The summed E-state index contributed by atoms with van der Waals surface area (Å²) in [6, 6.07) is 79.4. The Morgan fingerprint density at radius 3 is 1.39 bits per heavy atom. The Morgan fingerprint density at radius 1 is 0.232 bits per heavy atom. The average Bonchev–Trinajstić information content (AvgIpc) is 3.80. The molecule has 0 saturated carbocycles. The molecule has 0 N–H and O–H groups in total. The van der Waals surface area contributed by atoms with Crippen LogP contribution in [0.1, 0.15) is 0 Å². The number of rotatable bonds is 6. The van der Waals surface area contributed by atoms with Gasteiger partial charge in [-0.3, -0.25) is 0 Å². The predicted molar refractivity (Wildman–Crippen MR) is 237 cm³/mol. The first-order valence-corrected chi connectivity index (χ1v) is 19.3. The number of hydrogen-bond donors (Lipinski definition) is 0. The molecule has 2 heterocycles. The normalized spacial score (nSPS) is 11.6. The molecule has 0 fully saturated rings. The summed E-state index contributed by atoms with van der Waals surface area (Å²) in [5.41, 5.74) is 16.8. The molecule has 0 amide bonds. The zero-order valence-corrected chi connectivity index (χ0v) is 30.7. The molecule has 11 aromatic rings. The van der Waals surface area contributed by atoms with E-state index in [2.05, 4.69) is 228 Å². The minimum atomic E-state index is 1.14. The largest absolute Gasteiger partial charge is 0.309 e. The number of nitrogens with zero attached hydrogens (tertiary/aromatic N) is 2. The smallest absolute Gasteiger partial charge is 0.0619 e. The first kappa shape index (κ1) is 32.0. The molecule has 11 rings (SSSR count). The molecule has 0 aliphatic rings. The van der Waals surface area contributed by atoms with E-state index < -0.39 is 0 Å². The fourth-order valence-electron chi connectivity index (χ4n) is 8.69. The summed E-state index contributed by atoms with van der Waals surface area (Å²) in [5, 5.41) is 4.98. The van der Waals surface area contributed by atoms with Crippen molar-refractivity contribution in [1.29, 1.82) is 0 Å². The van der Waals surface area contributed by atoms with Crippen LogP contribution in [0, 0.1) is 0 Å². The van der Waals surface area contributed by atoms with Gasteiger partial charge in [0, 0.05) is 38.5 Å². The molecule has 2 nitrogen and oxygen atoms in total. The van der Waals surface area contributed by atoms with Gasteiger partial charge in [-0.1, -0.05) is 164 Å². The van der Waals surface area contributed by atoms with Crippen molar-refractivity contribution in [3.8, 4) is 55.9 Å². The van der Waals surface area contributed by atoms with Crippen LogP contribution < -0.4 is 0 Å². The molecular weight excluding hydrogens is 677 g/mol. The molecule has 0 radical (unpaired) electrons. The number of benzene rings is 9. The van der Waals surface area contributed by atoms with Gasteiger partial charge in [0.1, 0.15) is 0 Å². The van der Waals surface area contributed by atoms with E-state index in [0.29, 0.717) is 0 Å². The topological polar surface area (TPSA) is 9.86 Å². The maximum absolute atomic E-state index is 2.45. The summed E-state index contributed by atoms with van der Waals surface area (Å²) in [6.45, 7) is 0. The monoisotopic (exact) mass is 712 g/mol. The lowest BCUT2D eigenvalue weighted by atomic mass is 9.99. The maximum atomic E-state index is 2.45. The Kier molecular flexibility index (Phi) is 7.53. The molecule has 2 heteroatoms. The van der Waals surface area contributed by atoms with Crippen LogP contribution in [0.2, 0.25) is 0 Å². The van der Waals surface area contributed by atoms with Crippen molar-refractivity contribution >= 4 is 43.6 Å². The van der Waals surface area contributed by atoms with Gasteiger partial charge >= 0.3 is 0 Å². The Labute approximate surface area is 325 Å². The highest BCUT2D eigenvalue weighted by molar-refractivity contribution is 6.15. The van der Waals surface area contributed by atoms with E-state index >= 15 is 0 Å². The van der Waals surface area contributed by atoms with E-state index in [0.717, 1.165) is 11.4 Å². The zero-order chi connectivity index (χ0) is 37.0. The van der Waals surface area contributed by atoms with Gasteiger partial charge in [0.25, 0.3) is 0 Å². The standard InChI is InChI=1S/C54H36N2/c1-4-14-37(15-5-1)39-26-30-44(31-27-39)56-53-33-29-43(36-50(53)48-24-13-23-46(54(48)56)40-18-8-3-9-19-40)42-28-32-52-49(35-42)47-22-10-11-25-51(47)55(52)45-21-12-20-41(34-45)38-16-6-2-7-17-38/h1-36H. The number of para-hydroxylation sites is 2. The molecule has 0 bridgehead atoms. The van der Waals surface area contributed by atoms with Gasteiger partial charge in [-0.25, -0.2) is 0 Å². The van der Waals surface area contributed by atoms with Crippen LogP contribution in [-0.2, 0) is 0 Å². The van der Waals surface area contributed by atoms with Crippen LogP contribution in [0.5, 0.6) is 0 Å². The van der Waals surface area contributed by atoms with Crippen molar-refractivity contribution in [2.24, 2.45) is 0 Å². The van der Waals surface area contributed by atoms with E-state index in [-0.39, 0.29) is 0 Å². The zero-order valence-electron chi connectivity index (χ0n) is 30.7. The van der Waals surface area contributed by atoms with Crippen molar-refractivity contribution in [3.05, 3.63) is 218 Å². The van der Waals surface area contributed by atoms with E-state index in [9.17, 15) is 0 Å². The van der Waals surface area contributed by atoms with Crippen LogP contribution in [-0.4, -0.2) is 9.13 Å². The van der Waals surface area contributed by atoms with Crippen molar-refractivity contribution in [1.82, 2.24) is 9.13 Å². The van der Waals surface area contributed by atoms with Gasteiger partial charge in [-0.15, -0.1) is 0 Å².